The molecule has 0 bridgehead atoms. The fourth-order valence-corrected chi connectivity index (χ4v) is 2.15. The molecule has 0 aromatic rings. The predicted octanol–water partition coefficient (Wildman–Crippen LogP) is 0.857. The van der Waals surface area contributed by atoms with Gasteiger partial charge >= 0.3 is 0 Å². The molecule has 0 saturated carbocycles. The standard InChI is InChI=1S/C13H18N2O2/c16-12-7-3-9-15(12)10-4-8-14-13(17)11-5-1-2-6-11/h1-2,5-6,11H,3-4,7-10H2,(H,14,17). The third-order valence-corrected chi connectivity index (χ3v) is 3.13. The van der Waals surface area contributed by atoms with Crippen molar-refractivity contribution in [1.29, 1.82) is 0 Å². The van der Waals surface area contributed by atoms with Crippen LogP contribution in [0.1, 0.15) is 19.3 Å². The van der Waals surface area contributed by atoms with Gasteiger partial charge in [-0.25, -0.2) is 0 Å². The number of likely N-dealkylation sites (tertiary alicyclic amines) is 1. The highest BCUT2D eigenvalue weighted by Gasteiger charge is 2.19. The third kappa shape index (κ3) is 3.19. The summed E-state index contributed by atoms with van der Waals surface area (Å²) in [7, 11) is 0. The molecule has 4 nitrogen and oxygen atoms in total. The van der Waals surface area contributed by atoms with E-state index in [1.165, 1.54) is 0 Å². The summed E-state index contributed by atoms with van der Waals surface area (Å²) in [6.07, 6.45) is 10.0. The fraction of sp³-hybridized carbons (Fsp3) is 0.538. The molecule has 0 radical (unpaired) electrons. The maximum absolute atomic E-state index is 11.6. The Morgan fingerprint density at radius 2 is 2.18 bits per heavy atom. The Bertz CT molecular complexity index is 348. The van der Waals surface area contributed by atoms with Crippen LogP contribution in [-0.2, 0) is 9.59 Å². The van der Waals surface area contributed by atoms with Gasteiger partial charge in [0.05, 0.1) is 5.92 Å². The lowest BCUT2D eigenvalue weighted by Gasteiger charge is -2.15. The zero-order valence-electron chi connectivity index (χ0n) is 9.89. The zero-order chi connectivity index (χ0) is 12.1. The monoisotopic (exact) mass is 234 g/mol. The van der Waals surface area contributed by atoms with E-state index in [1.54, 1.807) is 0 Å². The van der Waals surface area contributed by atoms with Crippen molar-refractivity contribution in [3.05, 3.63) is 24.3 Å². The van der Waals surface area contributed by atoms with Gasteiger partial charge in [-0.3, -0.25) is 9.59 Å². The number of carbonyl (C=O) groups is 2. The number of nitrogens with zero attached hydrogens (tertiary/aromatic N) is 1. The summed E-state index contributed by atoms with van der Waals surface area (Å²) in [6, 6.07) is 0. The van der Waals surface area contributed by atoms with Crippen LogP contribution in [0.4, 0.5) is 0 Å². The molecule has 4 heteroatoms. The second-order valence-electron chi connectivity index (χ2n) is 4.42. The molecule has 2 rings (SSSR count). The van der Waals surface area contributed by atoms with E-state index in [1.807, 2.05) is 29.2 Å². The number of carbonyl (C=O) groups excluding carboxylic acids is 2. The Morgan fingerprint density at radius 3 is 2.82 bits per heavy atom. The maximum Gasteiger partial charge on any atom is 0.230 e. The van der Waals surface area contributed by atoms with E-state index in [4.69, 9.17) is 0 Å². The van der Waals surface area contributed by atoms with E-state index in [2.05, 4.69) is 5.32 Å². The Kier molecular flexibility index (Phi) is 3.96. The van der Waals surface area contributed by atoms with Gasteiger partial charge in [-0.2, -0.15) is 0 Å². The molecule has 0 aromatic heterocycles. The van der Waals surface area contributed by atoms with Crippen LogP contribution >= 0.6 is 0 Å². The van der Waals surface area contributed by atoms with Crippen LogP contribution in [-0.4, -0.2) is 36.3 Å². The van der Waals surface area contributed by atoms with Gasteiger partial charge in [-0.05, 0) is 12.8 Å². The van der Waals surface area contributed by atoms with Gasteiger partial charge in [0.25, 0.3) is 0 Å². The summed E-state index contributed by atoms with van der Waals surface area (Å²) in [5, 5.41) is 2.88. The van der Waals surface area contributed by atoms with Crippen molar-refractivity contribution in [1.82, 2.24) is 10.2 Å². The molecule has 0 aromatic carbocycles. The summed E-state index contributed by atoms with van der Waals surface area (Å²) < 4.78 is 0. The van der Waals surface area contributed by atoms with E-state index in [-0.39, 0.29) is 17.7 Å². The highest BCUT2D eigenvalue weighted by Crippen LogP contribution is 2.10. The number of nitrogens with one attached hydrogen (secondary N) is 1. The van der Waals surface area contributed by atoms with Crippen LogP contribution in [0.15, 0.2) is 24.3 Å². The molecule has 0 spiro atoms. The Balaban J connectivity index is 1.59. The molecule has 1 fully saturated rings. The second-order valence-corrected chi connectivity index (χ2v) is 4.42. The first kappa shape index (κ1) is 11.9. The van der Waals surface area contributed by atoms with E-state index < -0.39 is 0 Å². The second kappa shape index (κ2) is 5.66. The number of rotatable bonds is 5. The highest BCUT2D eigenvalue weighted by atomic mass is 16.2. The average Bonchev–Trinajstić information content (AvgIpc) is 2.96. The molecule has 1 aliphatic heterocycles. The highest BCUT2D eigenvalue weighted by molar-refractivity contribution is 5.83. The lowest BCUT2D eigenvalue weighted by atomic mass is 10.1. The zero-order valence-corrected chi connectivity index (χ0v) is 9.89. The molecule has 1 heterocycles. The van der Waals surface area contributed by atoms with E-state index in [0.29, 0.717) is 13.0 Å². The first-order chi connectivity index (χ1) is 8.27. The van der Waals surface area contributed by atoms with Gasteiger partial charge in [0, 0.05) is 26.1 Å². The minimum Gasteiger partial charge on any atom is -0.355 e. The Hall–Kier alpha value is -1.58. The fourth-order valence-electron chi connectivity index (χ4n) is 2.15. The number of hydrogen-bond acceptors (Lipinski definition) is 2. The molecule has 2 amide bonds. The molecule has 92 valence electrons. The number of amides is 2. The van der Waals surface area contributed by atoms with Gasteiger partial charge in [0.2, 0.25) is 11.8 Å². The van der Waals surface area contributed by atoms with Crippen LogP contribution in [0.3, 0.4) is 0 Å². The number of hydrogen-bond donors (Lipinski definition) is 1. The van der Waals surface area contributed by atoms with Crippen molar-refractivity contribution in [2.75, 3.05) is 19.6 Å². The van der Waals surface area contributed by atoms with Crippen LogP contribution in [0.25, 0.3) is 0 Å². The Morgan fingerprint density at radius 1 is 1.41 bits per heavy atom. The lowest BCUT2D eigenvalue weighted by molar-refractivity contribution is -0.127. The van der Waals surface area contributed by atoms with Crippen LogP contribution in [0.2, 0.25) is 0 Å². The van der Waals surface area contributed by atoms with Gasteiger partial charge < -0.3 is 10.2 Å². The van der Waals surface area contributed by atoms with E-state index >= 15 is 0 Å². The van der Waals surface area contributed by atoms with E-state index in [9.17, 15) is 9.59 Å². The first-order valence-corrected chi connectivity index (χ1v) is 6.18. The summed E-state index contributed by atoms with van der Waals surface area (Å²) in [6.45, 7) is 2.27. The minimum absolute atomic E-state index is 0.0442. The summed E-state index contributed by atoms with van der Waals surface area (Å²) in [5.41, 5.74) is 0. The average molecular weight is 234 g/mol. The van der Waals surface area contributed by atoms with Crippen LogP contribution in [0.5, 0.6) is 0 Å². The molecular formula is C13H18N2O2. The van der Waals surface area contributed by atoms with Crippen molar-refractivity contribution < 1.29 is 9.59 Å². The van der Waals surface area contributed by atoms with Crippen molar-refractivity contribution in [2.24, 2.45) is 5.92 Å². The smallest absolute Gasteiger partial charge is 0.230 e. The third-order valence-electron chi connectivity index (χ3n) is 3.13. The summed E-state index contributed by atoms with van der Waals surface area (Å²) in [4.78, 5) is 24.8. The summed E-state index contributed by atoms with van der Waals surface area (Å²) in [5.74, 6) is 0.184. The molecular weight excluding hydrogens is 216 g/mol. The molecule has 1 saturated heterocycles. The normalized spacial score (nSPS) is 19.3. The van der Waals surface area contributed by atoms with Crippen molar-refractivity contribution in [3.63, 3.8) is 0 Å². The first-order valence-electron chi connectivity index (χ1n) is 6.18. The molecule has 0 unspecified atom stereocenters. The maximum atomic E-state index is 11.6. The topological polar surface area (TPSA) is 49.4 Å². The van der Waals surface area contributed by atoms with Crippen LogP contribution in [0, 0.1) is 5.92 Å². The summed E-state index contributed by atoms with van der Waals surface area (Å²) >= 11 is 0. The van der Waals surface area contributed by atoms with Crippen molar-refractivity contribution in [2.45, 2.75) is 19.3 Å². The largest absolute Gasteiger partial charge is 0.355 e. The van der Waals surface area contributed by atoms with Crippen molar-refractivity contribution >= 4 is 11.8 Å². The molecule has 1 N–H and O–H groups in total. The van der Waals surface area contributed by atoms with Gasteiger partial charge in [0.15, 0.2) is 0 Å². The van der Waals surface area contributed by atoms with E-state index in [0.717, 1.165) is 25.9 Å². The molecule has 17 heavy (non-hydrogen) atoms. The SMILES string of the molecule is O=C(NCCCN1CCCC1=O)C1C=CC=C1. The van der Waals surface area contributed by atoms with Gasteiger partial charge in [-0.15, -0.1) is 0 Å². The predicted molar refractivity (Wildman–Crippen MR) is 65.2 cm³/mol. The Labute approximate surface area is 101 Å². The quantitative estimate of drug-likeness (QED) is 0.717. The van der Waals surface area contributed by atoms with Gasteiger partial charge in [0.1, 0.15) is 0 Å². The van der Waals surface area contributed by atoms with Gasteiger partial charge in [-0.1, -0.05) is 24.3 Å². The van der Waals surface area contributed by atoms with Crippen LogP contribution < -0.4 is 5.32 Å². The lowest BCUT2D eigenvalue weighted by Crippen LogP contribution is -2.32. The minimum atomic E-state index is -0.108. The van der Waals surface area contributed by atoms with Crippen molar-refractivity contribution in [3.8, 4) is 0 Å². The number of allylic oxidation sites excluding steroid dienone is 2. The molecule has 0 atom stereocenters. The molecule has 1 aliphatic carbocycles. The molecule has 2 aliphatic rings.